The van der Waals surface area contributed by atoms with Gasteiger partial charge in [0.15, 0.2) is 23.5 Å². The number of nitrogens with zero attached hydrogens (tertiary/aromatic N) is 2. The van der Waals surface area contributed by atoms with Gasteiger partial charge in [-0.1, -0.05) is 24.3 Å². The average molecular weight is 268 g/mol. The molecule has 0 aliphatic heterocycles. The Kier molecular flexibility index (Phi) is 4.60. The maximum Gasteiger partial charge on any atom is 0.319 e. The molecule has 0 spiro atoms. The van der Waals surface area contributed by atoms with Crippen LogP contribution in [0.25, 0.3) is 5.70 Å². The van der Waals surface area contributed by atoms with E-state index in [1.807, 2.05) is 71.7 Å². The van der Waals surface area contributed by atoms with Crippen LogP contribution in [0.2, 0.25) is 0 Å². The molecular weight excluding hydrogens is 254 g/mol. The molecule has 0 atom stereocenters. The van der Waals surface area contributed by atoms with Gasteiger partial charge in [-0.3, -0.25) is 0 Å². The van der Waals surface area contributed by atoms with Crippen molar-refractivity contribution in [2.24, 2.45) is 0 Å². The molecule has 0 fully saturated rings. The third-order valence-corrected chi connectivity index (χ3v) is 3.23. The lowest BCUT2D eigenvalue weighted by Gasteiger charge is -2.07. The molecule has 0 unspecified atom stereocenters. The molecule has 0 aliphatic carbocycles. The normalized spacial score (nSPS) is 11.4. The molecular formula is C15H14N3S+. The van der Waals surface area contributed by atoms with Crippen molar-refractivity contribution in [2.75, 3.05) is 11.6 Å². The lowest BCUT2D eigenvalue weighted by molar-refractivity contribution is -0.577. The summed E-state index contributed by atoms with van der Waals surface area (Å²) in [6, 6.07) is 17.8. The van der Waals surface area contributed by atoms with Crippen LogP contribution >= 0.6 is 11.8 Å². The summed E-state index contributed by atoms with van der Waals surface area (Å²) < 4.78 is 1.81. The maximum absolute atomic E-state index is 9.38. The van der Waals surface area contributed by atoms with Crippen LogP contribution in [0.15, 0.2) is 66.0 Å². The van der Waals surface area contributed by atoms with Gasteiger partial charge < -0.3 is 5.32 Å². The van der Waals surface area contributed by atoms with Crippen molar-refractivity contribution in [1.82, 2.24) is 0 Å². The summed E-state index contributed by atoms with van der Waals surface area (Å²) in [6.45, 7) is 0. The number of thioether (sulfide) groups is 1. The zero-order valence-electron chi connectivity index (χ0n) is 10.6. The van der Waals surface area contributed by atoms with Crippen LogP contribution in [0.5, 0.6) is 0 Å². The number of benzene rings is 1. The smallest absolute Gasteiger partial charge is 0.319 e. The number of nitriles is 1. The highest BCUT2D eigenvalue weighted by Gasteiger charge is 2.15. The van der Waals surface area contributed by atoms with Gasteiger partial charge in [0.1, 0.15) is 0 Å². The average Bonchev–Trinajstić information content (AvgIpc) is 2.49. The molecule has 19 heavy (non-hydrogen) atoms. The number of hydrogen-bond acceptors (Lipinski definition) is 3. The van der Waals surface area contributed by atoms with E-state index in [-0.39, 0.29) is 0 Å². The van der Waals surface area contributed by atoms with Gasteiger partial charge in [-0.05, 0) is 18.4 Å². The molecule has 1 aromatic carbocycles. The van der Waals surface area contributed by atoms with E-state index in [1.165, 1.54) is 11.8 Å². The molecule has 2 rings (SSSR count). The highest BCUT2D eigenvalue weighted by Crippen LogP contribution is 2.20. The second kappa shape index (κ2) is 6.62. The number of aromatic nitrogens is 1. The fourth-order valence-electron chi connectivity index (χ4n) is 1.63. The van der Waals surface area contributed by atoms with E-state index in [2.05, 4.69) is 11.4 Å². The number of allylic oxidation sites excluding steroid dienone is 1. The van der Waals surface area contributed by atoms with Crippen molar-refractivity contribution in [1.29, 1.82) is 5.26 Å². The summed E-state index contributed by atoms with van der Waals surface area (Å²) in [5.74, 6) is 0. The van der Waals surface area contributed by atoms with Crippen LogP contribution in [0.3, 0.4) is 0 Å². The van der Waals surface area contributed by atoms with E-state index in [1.54, 1.807) is 0 Å². The van der Waals surface area contributed by atoms with Gasteiger partial charge in [0.25, 0.3) is 0 Å². The van der Waals surface area contributed by atoms with Crippen LogP contribution in [0.1, 0.15) is 0 Å². The third kappa shape index (κ3) is 3.36. The Labute approximate surface area is 117 Å². The van der Waals surface area contributed by atoms with Crippen molar-refractivity contribution < 1.29 is 4.57 Å². The molecule has 1 N–H and O–H groups in total. The highest BCUT2D eigenvalue weighted by molar-refractivity contribution is 8.02. The highest BCUT2D eigenvalue weighted by atomic mass is 32.2. The molecule has 1 aromatic heterocycles. The Morgan fingerprint density at radius 1 is 1.11 bits per heavy atom. The predicted molar refractivity (Wildman–Crippen MR) is 79.0 cm³/mol. The van der Waals surface area contributed by atoms with E-state index >= 15 is 0 Å². The van der Waals surface area contributed by atoms with Gasteiger partial charge in [0.2, 0.25) is 0 Å². The van der Waals surface area contributed by atoms with Crippen LogP contribution in [0.4, 0.5) is 5.69 Å². The Morgan fingerprint density at radius 3 is 2.32 bits per heavy atom. The first-order chi connectivity index (χ1) is 9.35. The minimum Gasteiger partial charge on any atom is -0.344 e. The summed E-state index contributed by atoms with van der Waals surface area (Å²) in [4.78, 5) is 0. The fraction of sp³-hybridized carbons (Fsp3) is 0.0667. The van der Waals surface area contributed by atoms with E-state index in [9.17, 15) is 5.26 Å². The van der Waals surface area contributed by atoms with Crippen molar-refractivity contribution in [3.8, 4) is 6.07 Å². The van der Waals surface area contributed by atoms with Crippen molar-refractivity contribution in [3.05, 3.63) is 66.0 Å². The quantitative estimate of drug-likeness (QED) is 0.684. The van der Waals surface area contributed by atoms with Gasteiger partial charge in [-0.15, -0.1) is 11.8 Å². The molecule has 0 aliphatic rings. The Balaban J connectivity index is 2.38. The van der Waals surface area contributed by atoms with E-state index in [0.29, 0.717) is 5.70 Å². The molecule has 1 heterocycles. The molecule has 4 heteroatoms. The minimum atomic E-state index is 0.581. The Hall–Kier alpha value is -2.25. The van der Waals surface area contributed by atoms with Gasteiger partial charge in [-0.25, -0.2) is 0 Å². The fourth-order valence-corrected chi connectivity index (χ4v) is 2.20. The zero-order chi connectivity index (χ0) is 13.5. The molecule has 94 valence electrons. The second-order valence-electron chi connectivity index (χ2n) is 3.77. The summed E-state index contributed by atoms with van der Waals surface area (Å²) in [5.41, 5.74) is 1.55. The van der Waals surface area contributed by atoms with Crippen LogP contribution in [-0.2, 0) is 0 Å². The lowest BCUT2D eigenvalue weighted by Crippen LogP contribution is -2.32. The molecule has 0 saturated heterocycles. The standard InChI is InChI=1S/C15H14N3S/c1-19-15(17-13-8-4-2-5-9-13)14(12-16)18-10-6-3-7-11-18/h2-11,17H,1H3/q+1. The van der Waals surface area contributed by atoms with Crippen LogP contribution in [-0.4, -0.2) is 6.26 Å². The van der Waals surface area contributed by atoms with E-state index in [0.717, 1.165) is 10.7 Å². The largest absolute Gasteiger partial charge is 0.344 e. The summed E-state index contributed by atoms with van der Waals surface area (Å²) >= 11 is 1.52. The number of nitrogens with one attached hydrogen (secondary N) is 1. The van der Waals surface area contributed by atoms with Crippen molar-refractivity contribution >= 4 is 23.1 Å². The Bertz CT molecular complexity index is 600. The van der Waals surface area contributed by atoms with E-state index < -0.39 is 0 Å². The zero-order valence-corrected chi connectivity index (χ0v) is 11.4. The third-order valence-electron chi connectivity index (χ3n) is 2.53. The predicted octanol–water partition coefficient (Wildman–Crippen LogP) is 3.10. The number of para-hydroxylation sites is 1. The first kappa shape index (κ1) is 13.2. The topological polar surface area (TPSA) is 39.7 Å². The number of hydrogen-bond donors (Lipinski definition) is 1. The molecule has 0 saturated carbocycles. The minimum absolute atomic E-state index is 0.581. The van der Waals surface area contributed by atoms with Gasteiger partial charge in [-0.2, -0.15) is 9.83 Å². The van der Waals surface area contributed by atoms with Gasteiger partial charge >= 0.3 is 5.70 Å². The summed E-state index contributed by atoms with van der Waals surface area (Å²) in [6.07, 6.45) is 5.68. The molecule has 0 bridgehead atoms. The van der Waals surface area contributed by atoms with Gasteiger partial charge in [0, 0.05) is 17.8 Å². The molecule has 3 nitrogen and oxygen atoms in total. The number of pyridine rings is 1. The van der Waals surface area contributed by atoms with E-state index in [4.69, 9.17) is 0 Å². The first-order valence-corrected chi connectivity index (χ1v) is 7.04. The van der Waals surface area contributed by atoms with Gasteiger partial charge in [0.05, 0.1) is 0 Å². The summed E-state index contributed by atoms with van der Waals surface area (Å²) in [7, 11) is 0. The summed E-state index contributed by atoms with van der Waals surface area (Å²) in [5, 5.41) is 13.5. The Morgan fingerprint density at radius 2 is 1.74 bits per heavy atom. The first-order valence-electron chi connectivity index (χ1n) is 5.82. The monoisotopic (exact) mass is 268 g/mol. The van der Waals surface area contributed by atoms with Crippen LogP contribution < -0.4 is 9.88 Å². The number of anilines is 1. The molecule has 2 aromatic rings. The lowest BCUT2D eigenvalue weighted by atomic mass is 10.3. The van der Waals surface area contributed by atoms with Crippen LogP contribution in [0, 0.1) is 11.3 Å². The van der Waals surface area contributed by atoms with Crippen molar-refractivity contribution in [3.63, 3.8) is 0 Å². The SMILES string of the molecule is CSC(Nc1ccccc1)=C(C#N)[n+]1ccccc1. The molecule has 0 radical (unpaired) electrons. The maximum atomic E-state index is 9.38. The number of rotatable bonds is 4. The van der Waals surface area contributed by atoms with Crippen molar-refractivity contribution in [2.45, 2.75) is 0 Å². The second-order valence-corrected chi connectivity index (χ2v) is 4.58. The molecule has 0 amide bonds.